The zero-order valence-corrected chi connectivity index (χ0v) is 12.5. The molecule has 1 saturated heterocycles. The summed E-state index contributed by atoms with van der Waals surface area (Å²) in [5, 5.41) is 8.70. The Hall–Kier alpha value is -2.53. The van der Waals surface area contributed by atoms with Crippen molar-refractivity contribution in [3.05, 3.63) is 29.9 Å². The molecule has 0 saturated carbocycles. The molecular weight excluding hydrogens is 301 g/mol. The highest BCUT2D eigenvalue weighted by Crippen LogP contribution is 2.16. The molecule has 0 unspecified atom stereocenters. The van der Waals surface area contributed by atoms with Crippen molar-refractivity contribution in [2.24, 2.45) is 5.92 Å². The normalized spacial score (nSPS) is 18.5. The number of aromatic nitrogens is 2. The molecule has 1 amide bonds. The summed E-state index contributed by atoms with van der Waals surface area (Å²) in [4.78, 5) is 30.7. The minimum Gasteiger partial charge on any atom is -0.330 e. The lowest BCUT2D eigenvalue weighted by atomic mass is 10.0. The highest BCUT2D eigenvalue weighted by atomic mass is 19.1. The first-order valence-electron chi connectivity index (χ1n) is 7.40. The molecule has 3 rings (SSSR count). The van der Waals surface area contributed by atoms with Gasteiger partial charge < -0.3 is 9.47 Å². The smallest absolute Gasteiger partial charge is 0.330 e. The van der Waals surface area contributed by atoms with Crippen LogP contribution < -0.4 is 0 Å². The lowest BCUT2D eigenvalue weighted by molar-refractivity contribution is -0.127. The molecule has 1 aromatic heterocycles. The SMILES string of the molecule is N#CC1CN(C/C=C/C(=O)N2CCn3c(C(=O)F)cnc3C2)C1. The number of carbonyl (C=O) groups excluding carboxylic acids is 2. The molecule has 0 atom stereocenters. The number of imidazole rings is 1. The number of nitriles is 1. The summed E-state index contributed by atoms with van der Waals surface area (Å²) in [5.74, 6) is 0.482. The van der Waals surface area contributed by atoms with Crippen LogP contribution in [0.2, 0.25) is 0 Å². The summed E-state index contributed by atoms with van der Waals surface area (Å²) >= 11 is 0. The number of hydrogen-bond acceptors (Lipinski definition) is 5. The van der Waals surface area contributed by atoms with E-state index < -0.39 is 6.04 Å². The van der Waals surface area contributed by atoms with Crippen LogP contribution >= 0.6 is 0 Å². The molecule has 0 bridgehead atoms. The van der Waals surface area contributed by atoms with Gasteiger partial charge in [0.25, 0.3) is 0 Å². The van der Waals surface area contributed by atoms with E-state index in [9.17, 15) is 14.0 Å². The number of rotatable bonds is 4. The van der Waals surface area contributed by atoms with E-state index in [1.54, 1.807) is 11.0 Å². The lowest BCUT2D eigenvalue weighted by Crippen LogP contribution is -2.45. The van der Waals surface area contributed by atoms with Crippen LogP contribution in [0.25, 0.3) is 0 Å². The van der Waals surface area contributed by atoms with Gasteiger partial charge in [-0.2, -0.15) is 9.65 Å². The maximum Gasteiger partial charge on any atom is 0.350 e. The van der Waals surface area contributed by atoms with Gasteiger partial charge in [0.05, 0.1) is 24.7 Å². The van der Waals surface area contributed by atoms with Gasteiger partial charge in [-0.3, -0.25) is 14.5 Å². The third kappa shape index (κ3) is 3.14. The van der Waals surface area contributed by atoms with Gasteiger partial charge in [0.15, 0.2) is 0 Å². The highest BCUT2D eigenvalue weighted by Gasteiger charge is 2.26. The Balaban J connectivity index is 1.53. The van der Waals surface area contributed by atoms with Crippen LogP contribution in [0.3, 0.4) is 0 Å². The first kappa shape index (κ1) is 15.4. The second kappa shape index (κ2) is 6.30. The van der Waals surface area contributed by atoms with E-state index >= 15 is 0 Å². The van der Waals surface area contributed by atoms with Crippen LogP contribution in [0.4, 0.5) is 4.39 Å². The van der Waals surface area contributed by atoms with Crippen molar-refractivity contribution < 1.29 is 14.0 Å². The van der Waals surface area contributed by atoms with Gasteiger partial charge in [0, 0.05) is 38.8 Å². The average Bonchev–Trinajstić information content (AvgIpc) is 2.92. The van der Waals surface area contributed by atoms with Crippen molar-refractivity contribution in [1.82, 2.24) is 19.4 Å². The molecular formula is C15H16FN5O2. The first-order valence-corrected chi connectivity index (χ1v) is 7.40. The largest absolute Gasteiger partial charge is 0.350 e. The summed E-state index contributed by atoms with van der Waals surface area (Å²) in [5.41, 5.74) is -0.0625. The monoisotopic (exact) mass is 317 g/mol. The molecule has 0 spiro atoms. The summed E-state index contributed by atoms with van der Waals surface area (Å²) in [6.45, 7) is 3.17. The molecule has 2 aliphatic rings. The van der Waals surface area contributed by atoms with Gasteiger partial charge >= 0.3 is 6.04 Å². The number of hydrogen-bond donors (Lipinski definition) is 0. The van der Waals surface area contributed by atoms with E-state index in [1.165, 1.54) is 16.8 Å². The molecule has 0 aliphatic carbocycles. The Morgan fingerprint density at radius 3 is 2.91 bits per heavy atom. The molecule has 8 heteroatoms. The van der Waals surface area contributed by atoms with Gasteiger partial charge in [0.2, 0.25) is 5.91 Å². The second-order valence-corrected chi connectivity index (χ2v) is 5.69. The number of halogens is 1. The third-order valence-electron chi connectivity index (χ3n) is 4.14. The van der Waals surface area contributed by atoms with Gasteiger partial charge in [-0.05, 0) is 0 Å². The molecule has 23 heavy (non-hydrogen) atoms. The fourth-order valence-electron chi connectivity index (χ4n) is 2.81. The van der Waals surface area contributed by atoms with Crippen molar-refractivity contribution in [3.8, 4) is 6.07 Å². The van der Waals surface area contributed by atoms with Gasteiger partial charge in [-0.1, -0.05) is 6.08 Å². The number of amides is 1. The van der Waals surface area contributed by atoms with E-state index in [1.807, 2.05) is 0 Å². The molecule has 0 radical (unpaired) electrons. The van der Waals surface area contributed by atoms with E-state index in [0.29, 0.717) is 25.5 Å². The van der Waals surface area contributed by atoms with Crippen LogP contribution in [0.15, 0.2) is 18.3 Å². The van der Waals surface area contributed by atoms with Crippen LogP contribution in [0.1, 0.15) is 16.3 Å². The summed E-state index contributed by atoms with van der Waals surface area (Å²) < 4.78 is 14.3. The molecule has 1 fully saturated rings. The van der Waals surface area contributed by atoms with Crippen molar-refractivity contribution in [2.45, 2.75) is 13.1 Å². The zero-order valence-electron chi connectivity index (χ0n) is 12.5. The second-order valence-electron chi connectivity index (χ2n) is 5.69. The minimum atomic E-state index is -1.51. The third-order valence-corrected chi connectivity index (χ3v) is 4.14. The molecule has 3 heterocycles. The maximum atomic E-state index is 12.8. The Kier molecular flexibility index (Phi) is 4.21. The van der Waals surface area contributed by atoms with Crippen LogP contribution in [-0.4, -0.2) is 57.5 Å². The predicted molar refractivity (Wildman–Crippen MR) is 77.8 cm³/mol. The Morgan fingerprint density at radius 2 is 2.22 bits per heavy atom. The fraction of sp³-hybridized carbons (Fsp3) is 0.467. The fourth-order valence-corrected chi connectivity index (χ4v) is 2.81. The predicted octanol–water partition coefficient (Wildman–Crippen LogP) is 0.347. The summed E-state index contributed by atoms with van der Waals surface area (Å²) in [6.07, 6.45) is 4.50. The Bertz CT molecular complexity index is 699. The van der Waals surface area contributed by atoms with E-state index in [-0.39, 0.29) is 24.1 Å². The van der Waals surface area contributed by atoms with Crippen molar-refractivity contribution in [1.29, 1.82) is 5.26 Å². The van der Waals surface area contributed by atoms with Crippen LogP contribution in [-0.2, 0) is 17.9 Å². The Morgan fingerprint density at radius 1 is 1.43 bits per heavy atom. The van der Waals surface area contributed by atoms with E-state index in [2.05, 4.69) is 16.0 Å². The first-order chi connectivity index (χ1) is 11.1. The standard InChI is InChI=1S/C15H16FN5O2/c16-15(23)12-7-18-13-10-20(4-5-21(12)13)14(22)2-1-3-19-8-11(6-17)9-19/h1-2,7,11H,3-5,8-10H2/b2-1+. The van der Waals surface area contributed by atoms with Crippen molar-refractivity contribution in [2.75, 3.05) is 26.2 Å². The maximum absolute atomic E-state index is 12.8. The molecule has 2 aliphatic heterocycles. The summed E-state index contributed by atoms with van der Waals surface area (Å²) in [6, 6.07) is 0.695. The number of carbonyl (C=O) groups is 2. The van der Waals surface area contributed by atoms with Gasteiger partial charge in [-0.25, -0.2) is 4.98 Å². The van der Waals surface area contributed by atoms with E-state index in [0.717, 1.165) is 13.1 Å². The molecule has 7 nitrogen and oxygen atoms in total. The topological polar surface area (TPSA) is 82.2 Å². The van der Waals surface area contributed by atoms with Gasteiger partial charge in [-0.15, -0.1) is 0 Å². The van der Waals surface area contributed by atoms with Crippen molar-refractivity contribution >= 4 is 11.9 Å². The zero-order chi connectivity index (χ0) is 16.4. The molecule has 120 valence electrons. The van der Waals surface area contributed by atoms with Crippen molar-refractivity contribution in [3.63, 3.8) is 0 Å². The molecule has 0 N–H and O–H groups in total. The van der Waals surface area contributed by atoms with E-state index in [4.69, 9.17) is 5.26 Å². The average molecular weight is 317 g/mol. The highest BCUT2D eigenvalue weighted by molar-refractivity contribution is 5.88. The quantitative estimate of drug-likeness (QED) is 0.591. The van der Waals surface area contributed by atoms with Gasteiger partial charge in [0.1, 0.15) is 11.5 Å². The van der Waals surface area contributed by atoms with Crippen LogP contribution in [0, 0.1) is 17.2 Å². The van der Waals surface area contributed by atoms with Crippen LogP contribution in [0.5, 0.6) is 0 Å². The lowest BCUT2D eigenvalue weighted by Gasteiger charge is -2.34. The number of likely N-dealkylation sites (tertiary alicyclic amines) is 1. The molecule has 1 aromatic rings. The Labute approximate surface area is 132 Å². The summed E-state index contributed by atoms with van der Waals surface area (Å²) in [7, 11) is 0. The number of nitrogens with zero attached hydrogens (tertiary/aromatic N) is 5. The molecule has 0 aromatic carbocycles. The number of fused-ring (bicyclic) bond motifs is 1. The minimum absolute atomic E-state index is 0.0625.